The van der Waals surface area contributed by atoms with Crippen LogP contribution in [0.3, 0.4) is 0 Å². The van der Waals surface area contributed by atoms with Gasteiger partial charge in [0.25, 0.3) is 0 Å². The first-order chi connectivity index (χ1) is 16.4. The molecule has 0 spiro atoms. The van der Waals surface area contributed by atoms with Crippen molar-refractivity contribution in [2.75, 3.05) is 9.62 Å². The largest absolute Gasteiger partial charge is 0.421 e. The van der Waals surface area contributed by atoms with Gasteiger partial charge in [0, 0.05) is 33.9 Å². The molecule has 0 radical (unpaired) electrons. The summed E-state index contributed by atoms with van der Waals surface area (Å²) in [6, 6.07) is 45.9. The van der Waals surface area contributed by atoms with Crippen molar-refractivity contribution in [2.45, 2.75) is 0 Å². The normalized spacial score (nSPS) is 13.3. The van der Waals surface area contributed by atoms with E-state index in [4.69, 9.17) is 0 Å². The molecule has 33 heavy (non-hydrogen) atoms. The van der Waals surface area contributed by atoms with Crippen molar-refractivity contribution in [3.63, 3.8) is 0 Å². The molecule has 0 atom stereocenters. The summed E-state index contributed by atoms with van der Waals surface area (Å²) in [5.74, 6) is 0. The van der Waals surface area contributed by atoms with E-state index in [1.54, 1.807) is 0 Å². The molecule has 3 heteroatoms. The van der Waals surface area contributed by atoms with Gasteiger partial charge in [-0.05, 0) is 53.0 Å². The molecule has 0 N–H and O–H groups in total. The minimum Gasteiger partial charge on any atom is -0.361 e. The molecular formula is C30H21BN2. The lowest BCUT2D eigenvalue weighted by Crippen LogP contribution is -2.61. The van der Waals surface area contributed by atoms with Gasteiger partial charge < -0.3 is 9.62 Å². The lowest BCUT2D eigenvalue weighted by atomic mass is 9.53. The number of benzene rings is 5. The predicted molar refractivity (Wildman–Crippen MR) is 140 cm³/mol. The van der Waals surface area contributed by atoms with Crippen LogP contribution in [0.1, 0.15) is 0 Å². The molecule has 2 nitrogen and oxygen atoms in total. The Morgan fingerprint density at radius 1 is 0.364 bits per heavy atom. The third kappa shape index (κ3) is 2.63. The van der Waals surface area contributed by atoms with E-state index in [0.717, 1.165) is 0 Å². The first kappa shape index (κ1) is 18.3. The van der Waals surface area contributed by atoms with Crippen molar-refractivity contribution in [3.05, 3.63) is 127 Å². The van der Waals surface area contributed by atoms with Crippen LogP contribution in [0.15, 0.2) is 127 Å². The fourth-order valence-corrected chi connectivity index (χ4v) is 5.51. The standard InChI is InChI=1S/C30H21BN2/c1-3-12-22(13-4-1)32-28-20-9-7-16-24(28)26-18-11-19-27-25-17-8-10-21-29(25)33(31(32)30(26)27)23-14-5-2-6-15-23/h1-21H. The maximum atomic E-state index is 2.50. The number of hydrogen-bond donors (Lipinski definition) is 0. The van der Waals surface area contributed by atoms with Crippen molar-refractivity contribution in [3.8, 4) is 22.3 Å². The van der Waals surface area contributed by atoms with E-state index in [-0.39, 0.29) is 6.98 Å². The van der Waals surface area contributed by atoms with Gasteiger partial charge in [0.05, 0.1) is 0 Å². The second-order valence-corrected chi connectivity index (χ2v) is 8.59. The van der Waals surface area contributed by atoms with Gasteiger partial charge in [0.2, 0.25) is 0 Å². The van der Waals surface area contributed by atoms with Gasteiger partial charge in [0.1, 0.15) is 0 Å². The van der Waals surface area contributed by atoms with Gasteiger partial charge in [-0.3, -0.25) is 0 Å². The molecule has 0 unspecified atom stereocenters. The fraction of sp³-hybridized carbons (Fsp3) is 0. The average Bonchev–Trinajstić information content (AvgIpc) is 2.90. The highest BCUT2D eigenvalue weighted by molar-refractivity contribution is 6.86. The van der Waals surface area contributed by atoms with E-state index < -0.39 is 0 Å². The number of nitrogens with zero attached hydrogens (tertiary/aromatic N) is 2. The lowest BCUT2D eigenvalue weighted by molar-refractivity contribution is 1.26. The van der Waals surface area contributed by atoms with Crippen molar-refractivity contribution in [1.82, 2.24) is 0 Å². The van der Waals surface area contributed by atoms with Crippen molar-refractivity contribution < 1.29 is 0 Å². The van der Waals surface area contributed by atoms with E-state index in [0.29, 0.717) is 0 Å². The summed E-state index contributed by atoms with van der Waals surface area (Å²) >= 11 is 0. The second-order valence-electron chi connectivity index (χ2n) is 8.59. The lowest BCUT2D eigenvalue weighted by Gasteiger charge is -2.47. The van der Waals surface area contributed by atoms with Crippen LogP contribution in [0.5, 0.6) is 0 Å². The van der Waals surface area contributed by atoms with Crippen LogP contribution in [0, 0.1) is 0 Å². The van der Waals surface area contributed by atoms with Crippen LogP contribution in [0.2, 0.25) is 0 Å². The molecule has 0 amide bonds. The maximum absolute atomic E-state index is 2.50. The third-order valence-electron chi connectivity index (χ3n) is 6.83. The molecule has 5 aromatic rings. The number of hydrogen-bond acceptors (Lipinski definition) is 2. The monoisotopic (exact) mass is 420 g/mol. The quantitative estimate of drug-likeness (QED) is 0.283. The Kier molecular flexibility index (Phi) is 3.97. The zero-order chi connectivity index (χ0) is 21.8. The Labute approximate surface area is 194 Å². The van der Waals surface area contributed by atoms with Gasteiger partial charge in [-0.2, -0.15) is 0 Å². The second kappa shape index (κ2) is 7.14. The smallest absolute Gasteiger partial charge is 0.361 e. The van der Waals surface area contributed by atoms with Crippen LogP contribution in [0.25, 0.3) is 22.3 Å². The van der Waals surface area contributed by atoms with Gasteiger partial charge in [-0.25, -0.2) is 0 Å². The average molecular weight is 420 g/mol. The summed E-state index contributed by atoms with van der Waals surface area (Å²) in [6.07, 6.45) is 0. The van der Waals surface area contributed by atoms with Crippen molar-refractivity contribution in [1.29, 1.82) is 0 Å². The summed E-state index contributed by atoms with van der Waals surface area (Å²) in [4.78, 5) is 5.01. The molecule has 0 fully saturated rings. The van der Waals surface area contributed by atoms with Crippen molar-refractivity contribution in [2.24, 2.45) is 0 Å². The number of para-hydroxylation sites is 4. The van der Waals surface area contributed by atoms with E-state index in [9.17, 15) is 0 Å². The number of rotatable bonds is 2. The summed E-state index contributed by atoms with van der Waals surface area (Å²) in [7, 11) is 0. The zero-order valence-corrected chi connectivity index (χ0v) is 18.1. The summed E-state index contributed by atoms with van der Waals surface area (Å²) in [5.41, 5.74) is 11.4. The zero-order valence-electron chi connectivity index (χ0n) is 18.1. The van der Waals surface area contributed by atoms with Gasteiger partial charge in [-0.15, -0.1) is 0 Å². The first-order valence-corrected chi connectivity index (χ1v) is 11.4. The van der Waals surface area contributed by atoms with Gasteiger partial charge in [-0.1, -0.05) is 91.0 Å². The van der Waals surface area contributed by atoms with Crippen LogP contribution < -0.4 is 15.1 Å². The SMILES string of the molecule is c1ccc(N2B3c4c(cccc4-c4ccccc4N3c3ccccc3)-c3ccccc32)cc1. The summed E-state index contributed by atoms with van der Waals surface area (Å²) in [6.45, 7) is 0.00537. The predicted octanol–water partition coefficient (Wildman–Crippen LogP) is 7.02. The molecule has 2 aliphatic rings. The van der Waals surface area contributed by atoms with Crippen LogP contribution in [0.4, 0.5) is 22.7 Å². The molecule has 2 heterocycles. The minimum atomic E-state index is 0.00537. The molecule has 0 saturated carbocycles. The van der Waals surface area contributed by atoms with Gasteiger partial charge in [0.15, 0.2) is 0 Å². The Balaban J connectivity index is 1.62. The molecule has 0 saturated heterocycles. The van der Waals surface area contributed by atoms with Crippen LogP contribution >= 0.6 is 0 Å². The highest BCUT2D eigenvalue weighted by Crippen LogP contribution is 2.48. The first-order valence-electron chi connectivity index (χ1n) is 11.4. The summed E-state index contributed by atoms with van der Waals surface area (Å²) < 4.78 is 0. The number of anilines is 4. The Bertz CT molecular complexity index is 1370. The van der Waals surface area contributed by atoms with E-state index in [1.165, 1.54) is 50.5 Å². The van der Waals surface area contributed by atoms with E-state index in [2.05, 4.69) is 137 Å². The van der Waals surface area contributed by atoms with Crippen LogP contribution in [-0.2, 0) is 0 Å². The Hall–Kier alpha value is -4.24. The minimum absolute atomic E-state index is 0.00537. The van der Waals surface area contributed by atoms with E-state index >= 15 is 0 Å². The van der Waals surface area contributed by atoms with Crippen LogP contribution in [-0.4, -0.2) is 6.98 Å². The van der Waals surface area contributed by atoms with Crippen molar-refractivity contribution >= 4 is 35.2 Å². The molecule has 0 aromatic heterocycles. The molecule has 2 aliphatic heterocycles. The fourth-order valence-electron chi connectivity index (χ4n) is 5.51. The molecule has 0 bridgehead atoms. The number of fused-ring (bicyclic) bond motifs is 4. The Morgan fingerprint density at radius 2 is 0.758 bits per heavy atom. The molecular weight excluding hydrogens is 399 g/mol. The molecule has 0 aliphatic carbocycles. The molecule has 154 valence electrons. The highest BCUT2D eigenvalue weighted by Gasteiger charge is 2.46. The molecule has 7 rings (SSSR count). The summed E-state index contributed by atoms with van der Waals surface area (Å²) in [5, 5.41) is 0. The Morgan fingerprint density at radius 3 is 1.24 bits per heavy atom. The molecule has 5 aromatic carbocycles. The van der Waals surface area contributed by atoms with Gasteiger partial charge >= 0.3 is 6.98 Å². The third-order valence-corrected chi connectivity index (χ3v) is 6.83. The van der Waals surface area contributed by atoms with E-state index in [1.807, 2.05) is 0 Å². The maximum Gasteiger partial charge on any atom is 0.421 e. The highest BCUT2D eigenvalue weighted by atomic mass is 15.2. The topological polar surface area (TPSA) is 6.48 Å².